The van der Waals surface area contributed by atoms with E-state index in [2.05, 4.69) is 51.2 Å². The molecule has 0 aliphatic heterocycles. The van der Waals surface area contributed by atoms with E-state index in [1.165, 1.54) is 16.7 Å². The minimum absolute atomic E-state index is 0.0528. The monoisotopic (exact) mass is 400 g/mol. The van der Waals surface area contributed by atoms with Gasteiger partial charge in [0.15, 0.2) is 0 Å². The highest BCUT2D eigenvalue weighted by Gasteiger charge is 2.09. The van der Waals surface area contributed by atoms with E-state index in [4.69, 9.17) is 5.73 Å². The standard InChI is InChI=1S/C24H36N2OS/c1-19(2)9-7-10-20(3)11-8-12-21(4)15-18-28-23-14-6-5-13-22(23)24(27)26-17-16-25/h5-6,9,11,13-15H,7-8,10,12,16-18,25H2,1-4H3,(H,26,27)/b20-11+,21-15+. The van der Waals surface area contributed by atoms with Crippen molar-refractivity contribution in [3.63, 3.8) is 0 Å². The minimum Gasteiger partial charge on any atom is -0.351 e. The zero-order valence-corrected chi connectivity index (χ0v) is 18.7. The van der Waals surface area contributed by atoms with Crippen molar-refractivity contribution in [3.05, 3.63) is 64.8 Å². The summed E-state index contributed by atoms with van der Waals surface area (Å²) in [5.74, 6) is 0.819. The number of thioether (sulfide) groups is 1. The van der Waals surface area contributed by atoms with Crippen LogP contribution in [0.1, 0.15) is 63.7 Å². The average Bonchev–Trinajstić information content (AvgIpc) is 2.66. The summed E-state index contributed by atoms with van der Waals surface area (Å²) in [5.41, 5.74) is 10.4. The fraction of sp³-hybridized carbons (Fsp3) is 0.458. The predicted molar refractivity (Wildman–Crippen MR) is 124 cm³/mol. The van der Waals surface area contributed by atoms with E-state index >= 15 is 0 Å². The molecule has 0 saturated heterocycles. The molecule has 28 heavy (non-hydrogen) atoms. The van der Waals surface area contributed by atoms with Crippen LogP contribution < -0.4 is 11.1 Å². The SMILES string of the molecule is CC(C)=CCC/C(C)=C/CC/C(C)=C/CSc1ccccc1C(=O)NCCN. The Hall–Kier alpha value is -1.78. The number of nitrogens with one attached hydrogen (secondary N) is 1. The fourth-order valence-corrected chi connectivity index (χ4v) is 3.71. The number of amides is 1. The Morgan fingerprint density at radius 1 is 1.00 bits per heavy atom. The lowest BCUT2D eigenvalue weighted by Gasteiger charge is -2.08. The molecule has 3 nitrogen and oxygen atoms in total. The molecule has 0 spiro atoms. The number of hydrogen-bond donors (Lipinski definition) is 2. The van der Waals surface area contributed by atoms with E-state index in [0.717, 1.165) is 41.9 Å². The first-order chi connectivity index (χ1) is 13.4. The fourth-order valence-electron chi connectivity index (χ4n) is 2.67. The quantitative estimate of drug-likeness (QED) is 0.340. The van der Waals surface area contributed by atoms with Gasteiger partial charge in [0.2, 0.25) is 0 Å². The van der Waals surface area contributed by atoms with Gasteiger partial charge in [0.05, 0.1) is 5.56 Å². The van der Waals surface area contributed by atoms with Crippen LogP contribution in [0.15, 0.2) is 64.1 Å². The number of rotatable bonds is 12. The van der Waals surface area contributed by atoms with Gasteiger partial charge in [-0.15, -0.1) is 11.8 Å². The highest BCUT2D eigenvalue weighted by atomic mass is 32.2. The Morgan fingerprint density at radius 3 is 2.32 bits per heavy atom. The summed E-state index contributed by atoms with van der Waals surface area (Å²) in [4.78, 5) is 13.2. The van der Waals surface area contributed by atoms with Crippen molar-refractivity contribution in [3.8, 4) is 0 Å². The smallest absolute Gasteiger partial charge is 0.252 e. The Bertz CT molecular complexity index is 700. The van der Waals surface area contributed by atoms with E-state index in [0.29, 0.717) is 13.1 Å². The van der Waals surface area contributed by atoms with Gasteiger partial charge in [0.25, 0.3) is 5.91 Å². The molecule has 0 radical (unpaired) electrons. The van der Waals surface area contributed by atoms with Gasteiger partial charge in [0, 0.05) is 23.7 Å². The van der Waals surface area contributed by atoms with E-state index in [-0.39, 0.29) is 5.91 Å². The third-order valence-corrected chi connectivity index (χ3v) is 5.36. The maximum absolute atomic E-state index is 12.2. The maximum atomic E-state index is 12.2. The molecule has 0 heterocycles. The molecular weight excluding hydrogens is 364 g/mol. The Labute approximate surface area is 175 Å². The zero-order chi connectivity index (χ0) is 20.8. The topological polar surface area (TPSA) is 55.1 Å². The van der Waals surface area contributed by atoms with Crippen LogP contribution in [0, 0.1) is 0 Å². The van der Waals surface area contributed by atoms with Crippen LogP contribution in [-0.2, 0) is 0 Å². The van der Waals surface area contributed by atoms with Crippen LogP contribution in [0.5, 0.6) is 0 Å². The lowest BCUT2D eigenvalue weighted by Crippen LogP contribution is -2.29. The van der Waals surface area contributed by atoms with Gasteiger partial charge in [0.1, 0.15) is 0 Å². The minimum atomic E-state index is -0.0528. The number of hydrogen-bond acceptors (Lipinski definition) is 3. The first-order valence-electron chi connectivity index (χ1n) is 10.1. The second-order valence-corrected chi connectivity index (χ2v) is 8.37. The van der Waals surface area contributed by atoms with Crippen LogP contribution in [0.3, 0.4) is 0 Å². The molecular formula is C24H36N2OS. The summed E-state index contributed by atoms with van der Waals surface area (Å²) < 4.78 is 0. The van der Waals surface area contributed by atoms with E-state index in [9.17, 15) is 4.79 Å². The van der Waals surface area contributed by atoms with Crippen LogP contribution in [0.2, 0.25) is 0 Å². The van der Waals surface area contributed by atoms with Gasteiger partial charge < -0.3 is 11.1 Å². The van der Waals surface area contributed by atoms with E-state index < -0.39 is 0 Å². The Kier molecular flexibility index (Phi) is 12.3. The molecule has 1 amide bonds. The van der Waals surface area contributed by atoms with Crippen molar-refractivity contribution < 1.29 is 4.79 Å². The molecule has 4 heteroatoms. The van der Waals surface area contributed by atoms with Gasteiger partial charge in [-0.1, -0.05) is 47.1 Å². The van der Waals surface area contributed by atoms with Gasteiger partial charge in [-0.25, -0.2) is 0 Å². The van der Waals surface area contributed by atoms with Gasteiger partial charge in [-0.2, -0.15) is 0 Å². The molecule has 0 fully saturated rings. The largest absolute Gasteiger partial charge is 0.351 e. The van der Waals surface area contributed by atoms with E-state index in [1.807, 2.05) is 24.3 Å². The molecule has 1 aromatic carbocycles. The molecule has 0 aliphatic carbocycles. The van der Waals surface area contributed by atoms with Crippen LogP contribution in [0.4, 0.5) is 0 Å². The van der Waals surface area contributed by atoms with Crippen molar-refractivity contribution in [2.75, 3.05) is 18.8 Å². The van der Waals surface area contributed by atoms with Crippen molar-refractivity contribution >= 4 is 17.7 Å². The highest BCUT2D eigenvalue weighted by molar-refractivity contribution is 7.99. The number of carbonyl (C=O) groups is 1. The first-order valence-corrected chi connectivity index (χ1v) is 11.1. The summed E-state index contributed by atoms with van der Waals surface area (Å²) in [6.45, 7) is 9.66. The summed E-state index contributed by atoms with van der Waals surface area (Å²) in [7, 11) is 0. The summed E-state index contributed by atoms with van der Waals surface area (Å²) in [5, 5.41) is 2.84. The van der Waals surface area contributed by atoms with E-state index in [1.54, 1.807) is 11.8 Å². The number of nitrogens with two attached hydrogens (primary N) is 1. The third kappa shape index (κ3) is 10.5. The highest BCUT2D eigenvalue weighted by Crippen LogP contribution is 2.23. The summed E-state index contributed by atoms with van der Waals surface area (Å²) in [6.07, 6.45) is 11.4. The van der Waals surface area contributed by atoms with Crippen LogP contribution in [-0.4, -0.2) is 24.7 Å². The lowest BCUT2D eigenvalue weighted by atomic mass is 10.1. The first kappa shape index (κ1) is 24.3. The molecule has 0 unspecified atom stereocenters. The second-order valence-electron chi connectivity index (χ2n) is 7.31. The molecule has 0 atom stereocenters. The number of benzene rings is 1. The second kappa shape index (κ2) is 14.3. The molecule has 0 bridgehead atoms. The van der Waals surface area contributed by atoms with Gasteiger partial charge >= 0.3 is 0 Å². The zero-order valence-electron chi connectivity index (χ0n) is 17.9. The van der Waals surface area contributed by atoms with Gasteiger partial charge in [-0.3, -0.25) is 4.79 Å². The number of allylic oxidation sites excluding steroid dienone is 5. The van der Waals surface area contributed by atoms with Gasteiger partial charge in [-0.05, 0) is 65.5 Å². The normalized spacial score (nSPS) is 12.0. The van der Waals surface area contributed by atoms with Crippen molar-refractivity contribution in [2.45, 2.75) is 58.3 Å². The molecule has 3 N–H and O–H groups in total. The predicted octanol–water partition coefficient (Wildman–Crippen LogP) is 5.89. The van der Waals surface area contributed by atoms with Crippen LogP contribution >= 0.6 is 11.8 Å². The Balaban J connectivity index is 2.46. The molecule has 0 aromatic heterocycles. The van der Waals surface area contributed by atoms with Crippen molar-refractivity contribution in [2.24, 2.45) is 5.73 Å². The summed E-state index contributed by atoms with van der Waals surface area (Å²) >= 11 is 1.70. The van der Waals surface area contributed by atoms with Crippen molar-refractivity contribution in [1.29, 1.82) is 0 Å². The molecule has 154 valence electrons. The van der Waals surface area contributed by atoms with Crippen LogP contribution in [0.25, 0.3) is 0 Å². The molecule has 1 aromatic rings. The number of carbonyl (C=O) groups excluding carboxylic acids is 1. The third-order valence-electron chi connectivity index (χ3n) is 4.35. The molecule has 0 aliphatic rings. The molecule has 1 rings (SSSR count). The lowest BCUT2D eigenvalue weighted by molar-refractivity contribution is 0.0952. The average molecular weight is 401 g/mol. The Morgan fingerprint density at radius 2 is 1.64 bits per heavy atom. The maximum Gasteiger partial charge on any atom is 0.252 e. The molecule has 0 saturated carbocycles. The van der Waals surface area contributed by atoms with Crippen molar-refractivity contribution in [1.82, 2.24) is 5.32 Å². The summed E-state index contributed by atoms with van der Waals surface area (Å²) in [6, 6.07) is 7.74.